The molecule has 3 nitrogen and oxygen atoms in total. The maximum atomic E-state index is 12.3. The molecule has 0 aromatic heterocycles. The van der Waals surface area contributed by atoms with E-state index in [-0.39, 0.29) is 17.3 Å². The zero-order valence-corrected chi connectivity index (χ0v) is 15.1. The molecule has 1 aliphatic rings. The van der Waals surface area contributed by atoms with Gasteiger partial charge < -0.3 is 9.84 Å². The first-order valence-electron chi connectivity index (χ1n) is 5.87. The lowest BCUT2D eigenvalue weighted by Gasteiger charge is -2.03. The van der Waals surface area contributed by atoms with Crippen molar-refractivity contribution in [1.82, 2.24) is 0 Å². The van der Waals surface area contributed by atoms with Gasteiger partial charge in [0, 0.05) is 4.47 Å². The molecule has 6 heteroatoms. The number of allylic oxidation sites excluding steroid dienone is 1. The Bertz CT molecular complexity index is 774. The monoisotopic (exact) mass is 472 g/mol. The minimum Gasteiger partial charge on any atom is -0.506 e. The van der Waals surface area contributed by atoms with Gasteiger partial charge in [0.15, 0.2) is 5.76 Å². The average molecular weight is 475 g/mol. The smallest absolute Gasteiger partial charge is 0.232 e. The summed E-state index contributed by atoms with van der Waals surface area (Å²) in [5.74, 6) is 0.758. The maximum absolute atomic E-state index is 12.3. The summed E-state index contributed by atoms with van der Waals surface area (Å²) >= 11 is 9.85. The number of hydrogen-bond donors (Lipinski definition) is 1. The van der Waals surface area contributed by atoms with Crippen LogP contribution in [0.15, 0.2) is 49.5 Å². The lowest BCUT2D eigenvalue weighted by molar-refractivity contribution is 0.101. The van der Waals surface area contributed by atoms with E-state index in [0.717, 1.165) is 10.0 Å². The van der Waals surface area contributed by atoms with Crippen LogP contribution in [0.25, 0.3) is 6.08 Å². The van der Waals surface area contributed by atoms with E-state index in [1.165, 1.54) is 0 Å². The van der Waals surface area contributed by atoms with Crippen molar-refractivity contribution in [3.8, 4) is 11.5 Å². The van der Waals surface area contributed by atoms with Crippen molar-refractivity contribution in [1.29, 1.82) is 0 Å². The molecule has 2 aromatic carbocycles. The standard InChI is InChI=1S/C15H7Br3O3/c16-8-1-2-12-9(6-8)14(19)13(21-12)5-7-3-10(17)15(20)11(18)4-7/h1-6,20H. The molecule has 0 aliphatic carbocycles. The van der Waals surface area contributed by atoms with E-state index in [1.54, 1.807) is 30.3 Å². The SMILES string of the molecule is O=C1C(=Cc2cc(Br)c(O)c(Br)c2)Oc2ccc(Br)cc21. The maximum Gasteiger partial charge on any atom is 0.232 e. The number of ketones is 1. The molecule has 1 N–H and O–H groups in total. The lowest BCUT2D eigenvalue weighted by Crippen LogP contribution is -1.98. The lowest BCUT2D eigenvalue weighted by atomic mass is 10.1. The fourth-order valence-electron chi connectivity index (χ4n) is 1.98. The summed E-state index contributed by atoms with van der Waals surface area (Å²) in [6, 6.07) is 8.73. The Morgan fingerprint density at radius 1 is 1.05 bits per heavy atom. The predicted octanol–water partition coefficient (Wildman–Crippen LogP) is 5.30. The highest BCUT2D eigenvalue weighted by Gasteiger charge is 2.27. The van der Waals surface area contributed by atoms with Crippen LogP contribution in [0.2, 0.25) is 0 Å². The Morgan fingerprint density at radius 2 is 1.71 bits per heavy atom. The number of ether oxygens (including phenoxy) is 1. The number of phenols is 1. The van der Waals surface area contributed by atoms with Crippen LogP contribution in [-0.4, -0.2) is 10.9 Å². The minimum absolute atomic E-state index is 0.114. The summed E-state index contributed by atoms with van der Waals surface area (Å²) < 4.78 is 7.49. The van der Waals surface area contributed by atoms with E-state index < -0.39 is 0 Å². The highest BCUT2D eigenvalue weighted by molar-refractivity contribution is 9.11. The second kappa shape index (κ2) is 5.59. The highest BCUT2D eigenvalue weighted by atomic mass is 79.9. The number of halogens is 3. The average Bonchev–Trinajstić information content (AvgIpc) is 2.73. The summed E-state index contributed by atoms with van der Waals surface area (Å²) in [6.07, 6.45) is 1.64. The first kappa shape index (κ1) is 14.8. The number of aromatic hydroxyl groups is 1. The van der Waals surface area contributed by atoms with Crippen LogP contribution in [0.5, 0.6) is 11.5 Å². The van der Waals surface area contributed by atoms with Gasteiger partial charge in [0.25, 0.3) is 0 Å². The van der Waals surface area contributed by atoms with Gasteiger partial charge in [0.1, 0.15) is 11.5 Å². The van der Waals surface area contributed by atoms with E-state index in [4.69, 9.17) is 4.74 Å². The first-order valence-corrected chi connectivity index (χ1v) is 8.25. The Balaban J connectivity index is 2.02. The molecule has 0 amide bonds. The van der Waals surface area contributed by atoms with Crippen LogP contribution < -0.4 is 4.74 Å². The van der Waals surface area contributed by atoms with Gasteiger partial charge in [0.05, 0.1) is 14.5 Å². The molecule has 106 valence electrons. The zero-order chi connectivity index (χ0) is 15.1. The summed E-state index contributed by atoms with van der Waals surface area (Å²) in [6.45, 7) is 0. The topological polar surface area (TPSA) is 46.5 Å². The molecule has 0 saturated heterocycles. The Labute approximate surface area is 146 Å². The molecule has 0 fully saturated rings. The van der Waals surface area contributed by atoms with Crippen LogP contribution in [0.1, 0.15) is 15.9 Å². The molecule has 0 unspecified atom stereocenters. The first-order chi connectivity index (χ1) is 9.95. The Kier molecular flexibility index (Phi) is 3.94. The van der Waals surface area contributed by atoms with Crippen molar-refractivity contribution < 1.29 is 14.6 Å². The van der Waals surface area contributed by atoms with Crippen molar-refractivity contribution in [2.75, 3.05) is 0 Å². The molecular formula is C15H7Br3O3. The molecule has 0 spiro atoms. The molecular weight excluding hydrogens is 468 g/mol. The number of hydrogen-bond acceptors (Lipinski definition) is 3. The second-order valence-electron chi connectivity index (χ2n) is 4.41. The number of phenolic OH excluding ortho intramolecular Hbond substituents is 1. The molecule has 0 saturated carbocycles. The molecule has 0 atom stereocenters. The van der Waals surface area contributed by atoms with E-state index in [9.17, 15) is 9.90 Å². The Hall–Kier alpha value is -1.11. The van der Waals surface area contributed by atoms with Gasteiger partial charge in [-0.05, 0) is 73.8 Å². The zero-order valence-electron chi connectivity index (χ0n) is 10.4. The van der Waals surface area contributed by atoms with Crippen LogP contribution in [0.3, 0.4) is 0 Å². The molecule has 2 aromatic rings. The van der Waals surface area contributed by atoms with E-state index in [2.05, 4.69) is 47.8 Å². The number of Topliss-reactive ketones (excluding diaryl/α,β-unsaturated/α-hetero) is 1. The van der Waals surface area contributed by atoms with E-state index in [1.807, 2.05) is 6.07 Å². The minimum atomic E-state index is -0.161. The van der Waals surface area contributed by atoms with Crippen molar-refractivity contribution in [3.63, 3.8) is 0 Å². The quantitative estimate of drug-likeness (QED) is 0.571. The molecule has 0 bridgehead atoms. The third kappa shape index (κ3) is 2.80. The van der Waals surface area contributed by atoms with Gasteiger partial charge in [-0.25, -0.2) is 0 Å². The van der Waals surface area contributed by atoms with Crippen molar-refractivity contribution in [3.05, 3.63) is 60.6 Å². The molecule has 1 aliphatic heterocycles. The number of benzene rings is 2. The third-order valence-corrected chi connectivity index (χ3v) is 4.67. The number of rotatable bonds is 1. The van der Waals surface area contributed by atoms with Crippen molar-refractivity contribution >= 4 is 59.6 Å². The van der Waals surface area contributed by atoms with Crippen LogP contribution in [0, 0.1) is 0 Å². The van der Waals surface area contributed by atoms with Crippen LogP contribution >= 0.6 is 47.8 Å². The summed E-state index contributed by atoms with van der Waals surface area (Å²) in [5.41, 5.74) is 1.27. The molecule has 21 heavy (non-hydrogen) atoms. The second-order valence-corrected chi connectivity index (χ2v) is 7.04. The fourth-order valence-corrected chi connectivity index (χ4v) is 3.56. The van der Waals surface area contributed by atoms with Gasteiger partial charge in [0.2, 0.25) is 5.78 Å². The van der Waals surface area contributed by atoms with Gasteiger partial charge in [-0.1, -0.05) is 15.9 Å². The molecule has 1 heterocycles. The van der Waals surface area contributed by atoms with Gasteiger partial charge in [-0.2, -0.15) is 0 Å². The largest absolute Gasteiger partial charge is 0.506 e. The number of carbonyl (C=O) groups is 1. The Morgan fingerprint density at radius 3 is 2.38 bits per heavy atom. The van der Waals surface area contributed by atoms with E-state index in [0.29, 0.717) is 20.3 Å². The van der Waals surface area contributed by atoms with Crippen molar-refractivity contribution in [2.45, 2.75) is 0 Å². The summed E-state index contributed by atoms with van der Waals surface area (Å²) in [5, 5.41) is 9.70. The van der Waals surface area contributed by atoms with Gasteiger partial charge >= 0.3 is 0 Å². The normalized spacial score (nSPS) is 15.2. The predicted molar refractivity (Wildman–Crippen MR) is 90.6 cm³/mol. The number of fused-ring (bicyclic) bond motifs is 1. The van der Waals surface area contributed by atoms with Crippen LogP contribution in [-0.2, 0) is 0 Å². The van der Waals surface area contributed by atoms with Crippen molar-refractivity contribution in [2.24, 2.45) is 0 Å². The number of carbonyl (C=O) groups excluding carboxylic acids is 1. The molecule has 0 radical (unpaired) electrons. The molecule has 3 rings (SSSR count). The van der Waals surface area contributed by atoms with Gasteiger partial charge in [-0.3, -0.25) is 4.79 Å². The van der Waals surface area contributed by atoms with E-state index >= 15 is 0 Å². The fraction of sp³-hybridized carbons (Fsp3) is 0. The third-order valence-electron chi connectivity index (χ3n) is 2.97. The summed E-state index contributed by atoms with van der Waals surface area (Å²) in [4.78, 5) is 12.3. The summed E-state index contributed by atoms with van der Waals surface area (Å²) in [7, 11) is 0. The van der Waals surface area contributed by atoms with Gasteiger partial charge in [-0.15, -0.1) is 0 Å². The highest BCUT2D eigenvalue weighted by Crippen LogP contribution is 2.36. The van der Waals surface area contributed by atoms with Crippen LogP contribution in [0.4, 0.5) is 0 Å².